The summed E-state index contributed by atoms with van der Waals surface area (Å²) >= 11 is 0. The van der Waals surface area contributed by atoms with E-state index in [1.54, 1.807) is 4.68 Å². The van der Waals surface area contributed by atoms with Gasteiger partial charge in [0.25, 0.3) is 0 Å². The summed E-state index contributed by atoms with van der Waals surface area (Å²) in [4.78, 5) is 0. The highest BCUT2D eigenvalue weighted by atomic mass is 32.2. The molecule has 0 N–H and O–H groups in total. The number of aromatic nitrogens is 6. The second-order valence-corrected chi connectivity index (χ2v) is 7.98. The Labute approximate surface area is 154 Å². The fourth-order valence-corrected chi connectivity index (χ4v) is 4.61. The van der Waals surface area contributed by atoms with Gasteiger partial charge in [0.05, 0.1) is 22.9 Å². The zero-order valence-electron chi connectivity index (χ0n) is 14.8. The van der Waals surface area contributed by atoms with Gasteiger partial charge in [-0.1, -0.05) is 25.1 Å². The Morgan fingerprint density at radius 2 is 2.00 bits per heavy atom. The molecule has 0 fully saturated rings. The summed E-state index contributed by atoms with van der Waals surface area (Å²) in [6.45, 7) is 2.82. The van der Waals surface area contributed by atoms with Crippen molar-refractivity contribution in [1.82, 2.24) is 30.0 Å². The highest BCUT2D eigenvalue weighted by Crippen LogP contribution is 2.28. The Kier molecular flexibility index (Phi) is 4.92. The van der Waals surface area contributed by atoms with Crippen LogP contribution >= 0.6 is 0 Å². The number of benzene rings is 1. The molecule has 1 aromatic carbocycles. The molecule has 0 spiro atoms. The standard InChI is InChI=1S/C18H22N6OS/c1-2-11-23-18(19-21-22-23)13-26(25)12-16-15-9-6-10-17(15)24(20-16)14-7-4-3-5-8-14/h3-5,7-8H,2,6,9-13H2,1H3/t26-/m0/s1. The van der Waals surface area contributed by atoms with Gasteiger partial charge in [-0.2, -0.15) is 5.10 Å². The van der Waals surface area contributed by atoms with Crippen molar-refractivity contribution in [3.05, 3.63) is 53.1 Å². The topological polar surface area (TPSA) is 78.5 Å². The first-order valence-corrected chi connectivity index (χ1v) is 10.5. The molecule has 136 valence electrons. The molecule has 0 saturated carbocycles. The number of para-hydroxylation sites is 1. The van der Waals surface area contributed by atoms with Crippen LogP contribution in [0.15, 0.2) is 30.3 Å². The largest absolute Gasteiger partial charge is 0.259 e. The average molecular weight is 370 g/mol. The Morgan fingerprint density at radius 1 is 1.15 bits per heavy atom. The molecule has 8 heteroatoms. The maximum absolute atomic E-state index is 12.7. The predicted octanol–water partition coefficient (Wildman–Crippen LogP) is 2.21. The molecule has 2 aromatic heterocycles. The van der Waals surface area contributed by atoms with Crippen LogP contribution in [-0.4, -0.2) is 34.2 Å². The van der Waals surface area contributed by atoms with E-state index in [0.717, 1.165) is 43.6 Å². The third-order valence-corrected chi connectivity index (χ3v) is 5.82. The van der Waals surface area contributed by atoms with Gasteiger partial charge < -0.3 is 0 Å². The van der Waals surface area contributed by atoms with Crippen LogP contribution in [0.5, 0.6) is 0 Å². The quantitative estimate of drug-likeness (QED) is 0.637. The number of nitrogens with zero attached hydrogens (tertiary/aromatic N) is 6. The molecule has 26 heavy (non-hydrogen) atoms. The van der Waals surface area contributed by atoms with Gasteiger partial charge in [0.1, 0.15) is 0 Å². The second kappa shape index (κ2) is 7.49. The van der Waals surface area contributed by atoms with Crippen LogP contribution in [0, 0.1) is 0 Å². The van der Waals surface area contributed by atoms with E-state index in [1.165, 1.54) is 11.3 Å². The average Bonchev–Trinajstić information content (AvgIpc) is 3.35. The van der Waals surface area contributed by atoms with E-state index in [4.69, 9.17) is 5.10 Å². The van der Waals surface area contributed by atoms with Gasteiger partial charge in [-0.3, -0.25) is 4.21 Å². The minimum absolute atomic E-state index is 0.361. The summed E-state index contributed by atoms with van der Waals surface area (Å²) < 4.78 is 16.5. The van der Waals surface area contributed by atoms with Gasteiger partial charge in [-0.05, 0) is 53.8 Å². The SMILES string of the molecule is CCCn1nnnc1C[S@@](=O)Cc1nn(-c2ccccc2)c2c1CCC2. The van der Waals surface area contributed by atoms with E-state index in [1.807, 2.05) is 22.9 Å². The number of rotatable bonds is 7. The first-order chi connectivity index (χ1) is 12.8. The van der Waals surface area contributed by atoms with Crippen molar-refractivity contribution in [3.8, 4) is 5.69 Å². The van der Waals surface area contributed by atoms with Crippen LogP contribution in [0.2, 0.25) is 0 Å². The molecule has 0 radical (unpaired) electrons. The van der Waals surface area contributed by atoms with Crippen LogP contribution in [0.4, 0.5) is 0 Å². The lowest BCUT2D eigenvalue weighted by atomic mass is 10.2. The molecule has 1 aliphatic rings. The first kappa shape index (κ1) is 17.1. The van der Waals surface area contributed by atoms with Gasteiger partial charge >= 0.3 is 0 Å². The van der Waals surface area contributed by atoms with Crippen LogP contribution in [-0.2, 0) is 41.7 Å². The molecule has 1 aliphatic carbocycles. The molecular formula is C18H22N6OS. The summed E-state index contributed by atoms with van der Waals surface area (Å²) in [7, 11) is -1.09. The number of aryl methyl sites for hydroxylation is 1. The molecule has 1 atom stereocenters. The third-order valence-electron chi connectivity index (χ3n) is 4.64. The highest BCUT2D eigenvalue weighted by molar-refractivity contribution is 7.83. The molecule has 4 rings (SSSR count). The molecule has 0 bridgehead atoms. The molecule has 7 nitrogen and oxygen atoms in total. The van der Waals surface area contributed by atoms with Crippen molar-refractivity contribution in [2.45, 2.75) is 50.7 Å². The maximum atomic E-state index is 12.7. The van der Waals surface area contributed by atoms with Gasteiger partial charge in [0.2, 0.25) is 0 Å². The smallest absolute Gasteiger partial charge is 0.163 e. The summed E-state index contributed by atoms with van der Waals surface area (Å²) in [5.41, 5.74) is 4.55. The van der Waals surface area contributed by atoms with Crippen molar-refractivity contribution >= 4 is 10.8 Å². The molecule has 3 aromatic rings. The van der Waals surface area contributed by atoms with E-state index in [0.29, 0.717) is 17.3 Å². The Hall–Kier alpha value is -2.35. The second-order valence-electron chi connectivity index (χ2n) is 6.52. The zero-order chi connectivity index (χ0) is 17.9. The van der Waals surface area contributed by atoms with Gasteiger partial charge in [-0.15, -0.1) is 5.10 Å². The van der Waals surface area contributed by atoms with Crippen molar-refractivity contribution in [1.29, 1.82) is 0 Å². The molecule has 2 heterocycles. The lowest BCUT2D eigenvalue weighted by molar-refractivity contribution is 0.562. The fraction of sp³-hybridized carbons (Fsp3) is 0.444. The molecule has 0 unspecified atom stereocenters. The van der Waals surface area contributed by atoms with Crippen LogP contribution < -0.4 is 0 Å². The summed E-state index contributed by atoms with van der Waals surface area (Å²) in [5, 5.41) is 16.5. The number of tetrazole rings is 1. The third kappa shape index (κ3) is 3.33. The van der Waals surface area contributed by atoms with Crippen molar-refractivity contribution in [2.75, 3.05) is 0 Å². The van der Waals surface area contributed by atoms with E-state index >= 15 is 0 Å². The van der Waals surface area contributed by atoms with E-state index < -0.39 is 10.8 Å². The predicted molar refractivity (Wildman–Crippen MR) is 99.2 cm³/mol. The Balaban J connectivity index is 1.55. The molecular weight excluding hydrogens is 348 g/mol. The highest BCUT2D eigenvalue weighted by Gasteiger charge is 2.24. The van der Waals surface area contributed by atoms with Gasteiger partial charge in [-0.25, -0.2) is 9.36 Å². The van der Waals surface area contributed by atoms with Crippen molar-refractivity contribution < 1.29 is 4.21 Å². The summed E-state index contributed by atoms with van der Waals surface area (Å²) in [6.07, 6.45) is 4.12. The summed E-state index contributed by atoms with van der Waals surface area (Å²) in [5.74, 6) is 1.49. The van der Waals surface area contributed by atoms with Gasteiger partial charge in [0, 0.05) is 23.0 Å². The minimum atomic E-state index is -1.09. The Bertz CT molecular complexity index is 917. The van der Waals surface area contributed by atoms with E-state index in [-0.39, 0.29) is 0 Å². The van der Waals surface area contributed by atoms with Crippen LogP contribution in [0.3, 0.4) is 0 Å². The summed E-state index contributed by atoms with van der Waals surface area (Å²) in [6, 6.07) is 10.2. The maximum Gasteiger partial charge on any atom is 0.163 e. The number of fused-ring (bicyclic) bond motifs is 1. The fourth-order valence-electron chi connectivity index (χ4n) is 3.47. The lowest BCUT2D eigenvalue weighted by Gasteiger charge is -2.05. The normalized spacial score (nSPS) is 14.5. The lowest BCUT2D eigenvalue weighted by Crippen LogP contribution is -2.10. The van der Waals surface area contributed by atoms with Crippen molar-refractivity contribution in [2.24, 2.45) is 0 Å². The van der Waals surface area contributed by atoms with Gasteiger partial charge in [0.15, 0.2) is 5.82 Å². The van der Waals surface area contributed by atoms with Crippen molar-refractivity contribution in [3.63, 3.8) is 0 Å². The monoisotopic (exact) mass is 370 g/mol. The zero-order valence-corrected chi connectivity index (χ0v) is 15.7. The van der Waals surface area contributed by atoms with E-state index in [9.17, 15) is 4.21 Å². The molecule has 0 aliphatic heterocycles. The van der Waals surface area contributed by atoms with E-state index in [2.05, 4.69) is 34.6 Å². The van der Waals surface area contributed by atoms with Crippen LogP contribution in [0.1, 0.15) is 42.5 Å². The number of hydrogen-bond donors (Lipinski definition) is 0. The Morgan fingerprint density at radius 3 is 2.81 bits per heavy atom. The first-order valence-electron chi connectivity index (χ1n) is 9.01. The number of hydrogen-bond acceptors (Lipinski definition) is 5. The van der Waals surface area contributed by atoms with Crippen LogP contribution in [0.25, 0.3) is 5.69 Å². The molecule has 0 saturated heterocycles. The molecule has 0 amide bonds. The minimum Gasteiger partial charge on any atom is -0.259 e.